The van der Waals surface area contributed by atoms with Gasteiger partial charge >= 0.3 is 0 Å². The Kier molecular flexibility index (Phi) is 2.65. The highest BCUT2D eigenvalue weighted by Gasteiger charge is 1.96. The van der Waals surface area contributed by atoms with Crippen LogP contribution in [0.4, 0.5) is 5.82 Å². The van der Waals surface area contributed by atoms with Gasteiger partial charge in [0.2, 0.25) is 0 Å². The van der Waals surface area contributed by atoms with Gasteiger partial charge in [0.05, 0.1) is 0 Å². The second-order valence-corrected chi connectivity index (χ2v) is 2.93. The molecule has 1 aromatic heterocycles. The summed E-state index contributed by atoms with van der Waals surface area (Å²) >= 11 is 5.55. The van der Waals surface area contributed by atoms with Crippen molar-refractivity contribution in [3.05, 3.63) is 17.3 Å². The van der Waals surface area contributed by atoms with Crippen LogP contribution in [0.1, 0.15) is 13.8 Å². The second kappa shape index (κ2) is 3.53. The van der Waals surface area contributed by atoms with Crippen molar-refractivity contribution < 1.29 is 0 Å². The molecule has 0 aliphatic heterocycles. The minimum atomic E-state index is 0.366. The second-order valence-electron chi connectivity index (χ2n) is 2.54. The maximum absolute atomic E-state index is 5.55. The number of hydrogen-bond acceptors (Lipinski definition) is 3. The molecule has 0 saturated heterocycles. The molecule has 0 aliphatic carbocycles. The van der Waals surface area contributed by atoms with Crippen molar-refractivity contribution in [2.75, 3.05) is 5.32 Å². The third-order valence-corrected chi connectivity index (χ3v) is 1.27. The molecule has 1 N–H and O–H groups in total. The van der Waals surface area contributed by atoms with Crippen molar-refractivity contribution in [1.82, 2.24) is 10.2 Å². The van der Waals surface area contributed by atoms with Gasteiger partial charge in [-0.2, -0.15) is 0 Å². The predicted molar refractivity (Wildman–Crippen MR) is 45.8 cm³/mol. The average molecular weight is 172 g/mol. The summed E-state index contributed by atoms with van der Waals surface area (Å²) in [5.41, 5.74) is 0. The third kappa shape index (κ3) is 2.72. The van der Waals surface area contributed by atoms with Crippen molar-refractivity contribution in [1.29, 1.82) is 0 Å². The third-order valence-electron chi connectivity index (χ3n) is 1.07. The Hall–Kier alpha value is -0.830. The fraction of sp³-hybridized carbons (Fsp3) is 0.429. The number of nitrogens with one attached hydrogen (secondary N) is 1. The predicted octanol–water partition coefficient (Wildman–Crippen LogP) is 1.95. The molecule has 0 amide bonds. The van der Waals surface area contributed by atoms with Gasteiger partial charge in [0.15, 0.2) is 5.15 Å². The SMILES string of the molecule is CC(C)Nc1ccc(Cl)nn1. The zero-order valence-corrected chi connectivity index (χ0v) is 7.26. The Morgan fingerprint density at radius 1 is 1.36 bits per heavy atom. The fourth-order valence-corrected chi connectivity index (χ4v) is 0.790. The number of hydrogen-bond donors (Lipinski definition) is 1. The quantitative estimate of drug-likeness (QED) is 0.739. The molecule has 11 heavy (non-hydrogen) atoms. The highest BCUT2D eigenvalue weighted by atomic mass is 35.5. The maximum Gasteiger partial charge on any atom is 0.151 e. The van der Waals surface area contributed by atoms with Crippen molar-refractivity contribution in [2.24, 2.45) is 0 Å². The summed E-state index contributed by atoms with van der Waals surface area (Å²) in [6.07, 6.45) is 0. The van der Waals surface area contributed by atoms with E-state index in [1.165, 1.54) is 0 Å². The summed E-state index contributed by atoms with van der Waals surface area (Å²) in [6.45, 7) is 4.08. The van der Waals surface area contributed by atoms with Crippen LogP contribution in [0, 0.1) is 0 Å². The van der Waals surface area contributed by atoms with Crippen LogP contribution >= 0.6 is 11.6 Å². The molecular formula is C7H10ClN3. The molecule has 1 heterocycles. The molecule has 1 aromatic rings. The van der Waals surface area contributed by atoms with E-state index in [0.29, 0.717) is 11.2 Å². The molecule has 1 rings (SSSR count). The zero-order valence-electron chi connectivity index (χ0n) is 6.50. The van der Waals surface area contributed by atoms with Crippen LogP contribution in [-0.4, -0.2) is 16.2 Å². The van der Waals surface area contributed by atoms with Crippen LogP contribution in [0.5, 0.6) is 0 Å². The summed E-state index contributed by atoms with van der Waals surface area (Å²) in [5, 5.41) is 11.0. The zero-order chi connectivity index (χ0) is 8.27. The molecule has 0 saturated carbocycles. The van der Waals surface area contributed by atoms with Gasteiger partial charge in [0.1, 0.15) is 5.82 Å². The molecule has 0 unspecified atom stereocenters. The van der Waals surface area contributed by atoms with Gasteiger partial charge in [-0.25, -0.2) is 0 Å². The molecule has 0 bridgehead atoms. The molecule has 60 valence electrons. The van der Waals surface area contributed by atoms with Gasteiger partial charge < -0.3 is 5.32 Å². The van der Waals surface area contributed by atoms with Crippen molar-refractivity contribution in [3.8, 4) is 0 Å². The van der Waals surface area contributed by atoms with E-state index in [4.69, 9.17) is 11.6 Å². The summed E-state index contributed by atoms with van der Waals surface area (Å²) < 4.78 is 0. The molecule has 0 atom stereocenters. The Labute approximate surface area is 70.8 Å². The van der Waals surface area contributed by atoms with Gasteiger partial charge in [0, 0.05) is 6.04 Å². The van der Waals surface area contributed by atoms with E-state index in [9.17, 15) is 0 Å². The van der Waals surface area contributed by atoms with Gasteiger partial charge in [-0.15, -0.1) is 10.2 Å². The first-order valence-electron chi connectivity index (χ1n) is 3.44. The summed E-state index contributed by atoms with van der Waals surface area (Å²) in [7, 11) is 0. The van der Waals surface area contributed by atoms with Gasteiger partial charge in [0.25, 0.3) is 0 Å². The number of anilines is 1. The van der Waals surface area contributed by atoms with Crippen LogP contribution in [0.15, 0.2) is 12.1 Å². The lowest BCUT2D eigenvalue weighted by molar-refractivity contribution is 0.874. The monoisotopic (exact) mass is 171 g/mol. The minimum absolute atomic E-state index is 0.366. The Balaban J connectivity index is 2.66. The number of aromatic nitrogens is 2. The van der Waals surface area contributed by atoms with Gasteiger partial charge in [-0.05, 0) is 26.0 Å². The fourth-order valence-electron chi connectivity index (χ4n) is 0.689. The molecule has 0 fully saturated rings. The Morgan fingerprint density at radius 3 is 2.55 bits per heavy atom. The average Bonchev–Trinajstić information content (AvgIpc) is 1.93. The number of halogens is 1. The molecule has 4 heteroatoms. The first kappa shape index (κ1) is 8.27. The first-order chi connectivity index (χ1) is 5.18. The standard InChI is InChI=1S/C7H10ClN3/c1-5(2)9-7-4-3-6(8)10-11-7/h3-5H,1-2H3,(H,9,11). The van der Waals surface area contributed by atoms with E-state index in [2.05, 4.69) is 15.5 Å². The van der Waals surface area contributed by atoms with Crippen molar-refractivity contribution >= 4 is 17.4 Å². The minimum Gasteiger partial charge on any atom is -0.366 e. The van der Waals surface area contributed by atoms with Crippen LogP contribution < -0.4 is 5.32 Å². The van der Waals surface area contributed by atoms with E-state index in [-0.39, 0.29) is 0 Å². The highest BCUT2D eigenvalue weighted by molar-refractivity contribution is 6.29. The molecule has 0 aliphatic rings. The molecule has 0 aromatic carbocycles. The van der Waals surface area contributed by atoms with Crippen LogP contribution in [0.3, 0.4) is 0 Å². The molecule has 0 radical (unpaired) electrons. The smallest absolute Gasteiger partial charge is 0.151 e. The lowest BCUT2D eigenvalue weighted by Crippen LogP contribution is -2.11. The van der Waals surface area contributed by atoms with Gasteiger partial charge in [-0.1, -0.05) is 11.6 Å². The number of rotatable bonds is 2. The summed E-state index contributed by atoms with van der Waals surface area (Å²) in [4.78, 5) is 0. The normalized spacial score (nSPS) is 10.2. The molecular weight excluding hydrogens is 162 g/mol. The first-order valence-corrected chi connectivity index (χ1v) is 3.82. The van der Waals surface area contributed by atoms with E-state index < -0.39 is 0 Å². The topological polar surface area (TPSA) is 37.8 Å². The summed E-state index contributed by atoms with van der Waals surface area (Å²) in [6, 6.07) is 3.87. The maximum atomic E-state index is 5.55. The van der Waals surface area contributed by atoms with E-state index >= 15 is 0 Å². The van der Waals surface area contributed by atoms with Crippen molar-refractivity contribution in [2.45, 2.75) is 19.9 Å². The van der Waals surface area contributed by atoms with E-state index in [0.717, 1.165) is 5.82 Å². The summed E-state index contributed by atoms with van der Waals surface area (Å²) in [5.74, 6) is 0.754. The van der Waals surface area contributed by atoms with Crippen LogP contribution in [0.25, 0.3) is 0 Å². The van der Waals surface area contributed by atoms with E-state index in [1.807, 2.05) is 13.8 Å². The van der Waals surface area contributed by atoms with Crippen LogP contribution in [0.2, 0.25) is 5.15 Å². The van der Waals surface area contributed by atoms with E-state index in [1.54, 1.807) is 12.1 Å². The molecule has 3 nitrogen and oxygen atoms in total. The van der Waals surface area contributed by atoms with Gasteiger partial charge in [-0.3, -0.25) is 0 Å². The highest BCUT2D eigenvalue weighted by Crippen LogP contribution is 2.06. The lowest BCUT2D eigenvalue weighted by Gasteiger charge is -2.06. The molecule has 0 spiro atoms. The Morgan fingerprint density at radius 2 is 2.09 bits per heavy atom. The van der Waals surface area contributed by atoms with Crippen LogP contribution in [-0.2, 0) is 0 Å². The number of nitrogens with zero attached hydrogens (tertiary/aromatic N) is 2. The van der Waals surface area contributed by atoms with Crippen molar-refractivity contribution in [3.63, 3.8) is 0 Å². The lowest BCUT2D eigenvalue weighted by atomic mass is 10.4. The largest absolute Gasteiger partial charge is 0.366 e. The Bertz CT molecular complexity index is 220.